The van der Waals surface area contributed by atoms with Gasteiger partial charge >= 0.3 is 0 Å². The number of ether oxygens (including phenoxy) is 1. The van der Waals surface area contributed by atoms with Crippen molar-refractivity contribution in [3.05, 3.63) is 35.6 Å². The lowest BCUT2D eigenvalue weighted by atomic mass is 9.80. The van der Waals surface area contributed by atoms with Gasteiger partial charge < -0.3 is 10.5 Å². The quantitative estimate of drug-likeness (QED) is 0.775. The second kappa shape index (κ2) is 3.67. The monoisotopic (exact) mass is 195 g/mol. The van der Waals surface area contributed by atoms with E-state index < -0.39 is 0 Å². The van der Waals surface area contributed by atoms with Crippen LogP contribution in [-0.4, -0.2) is 19.8 Å². The molecule has 1 heterocycles. The molecule has 0 saturated carbocycles. The van der Waals surface area contributed by atoms with E-state index in [-0.39, 0.29) is 11.2 Å². The number of halogens is 1. The largest absolute Gasteiger partial charge is 0.380 e. The van der Waals surface area contributed by atoms with E-state index >= 15 is 0 Å². The maximum Gasteiger partial charge on any atom is 0.123 e. The summed E-state index contributed by atoms with van der Waals surface area (Å²) in [5, 5.41) is 0. The van der Waals surface area contributed by atoms with Gasteiger partial charge in [-0.3, -0.25) is 0 Å². The topological polar surface area (TPSA) is 35.2 Å². The van der Waals surface area contributed by atoms with Crippen molar-refractivity contribution >= 4 is 0 Å². The number of benzene rings is 1. The Bertz CT molecular complexity index is 321. The first kappa shape index (κ1) is 9.62. The van der Waals surface area contributed by atoms with E-state index in [0.717, 1.165) is 12.0 Å². The van der Waals surface area contributed by atoms with Gasteiger partial charge in [0.1, 0.15) is 5.82 Å². The Labute approximate surface area is 82.9 Å². The van der Waals surface area contributed by atoms with E-state index in [1.54, 1.807) is 12.1 Å². The van der Waals surface area contributed by atoms with Gasteiger partial charge in [0.25, 0.3) is 0 Å². The molecule has 3 heteroatoms. The first-order chi connectivity index (χ1) is 6.77. The van der Waals surface area contributed by atoms with Crippen molar-refractivity contribution in [2.45, 2.75) is 11.8 Å². The third kappa shape index (κ3) is 1.53. The van der Waals surface area contributed by atoms with Gasteiger partial charge in [0.2, 0.25) is 0 Å². The van der Waals surface area contributed by atoms with Gasteiger partial charge in [0, 0.05) is 18.6 Å². The smallest absolute Gasteiger partial charge is 0.123 e. The molecule has 2 nitrogen and oxygen atoms in total. The molecule has 1 aromatic rings. The van der Waals surface area contributed by atoms with Crippen LogP contribution in [-0.2, 0) is 10.2 Å². The van der Waals surface area contributed by atoms with Gasteiger partial charge in [-0.15, -0.1) is 0 Å². The van der Waals surface area contributed by atoms with Crippen LogP contribution < -0.4 is 5.73 Å². The van der Waals surface area contributed by atoms with Crippen molar-refractivity contribution in [1.82, 2.24) is 0 Å². The number of nitrogens with two attached hydrogens (primary N) is 1. The first-order valence-electron chi connectivity index (χ1n) is 4.81. The summed E-state index contributed by atoms with van der Waals surface area (Å²) in [6.45, 7) is 1.83. The number of hydrogen-bond acceptors (Lipinski definition) is 2. The van der Waals surface area contributed by atoms with Gasteiger partial charge in [-0.25, -0.2) is 4.39 Å². The van der Waals surface area contributed by atoms with Crippen LogP contribution >= 0.6 is 0 Å². The molecule has 0 aliphatic carbocycles. The van der Waals surface area contributed by atoms with Crippen molar-refractivity contribution in [3.63, 3.8) is 0 Å². The minimum absolute atomic E-state index is 0.165. The Morgan fingerprint density at radius 3 is 2.93 bits per heavy atom. The minimum Gasteiger partial charge on any atom is -0.380 e. The molecule has 0 spiro atoms. The maximum absolute atomic E-state index is 13.0. The van der Waals surface area contributed by atoms with Gasteiger partial charge in [0.05, 0.1) is 6.61 Å². The summed E-state index contributed by atoms with van der Waals surface area (Å²) < 4.78 is 18.4. The van der Waals surface area contributed by atoms with Gasteiger partial charge in [0.15, 0.2) is 0 Å². The average molecular weight is 195 g/mol. The third-order valence-electron chi connectivity index (χ3n) is 2.93. The number of rotatable bonds is 2. The molecule has 1 atom stereocenters. The molecular weight excluding hydrogens is 181 g/mol. The van der Waals surface area contributed by atoms with E-state index in [4.69, 9.17) is 10.5 Å². The molecule has 1 saturated heterocycles. The van der Waals surface area contributed by atoms with Gasteiger partial charge in [-0.1, -0.05) is 12.1 Å². The molecule has 0 bridgehead atoms. The zero-order valence-corrected chi connectivity index (χ0v) is 8.00. The highest BCUT2D eigenvalue weighted by molar-refractivity contribution is 5.27. The predicted octanol–water partition coefficient (Wildman–Crippen LogP) is 1.44. The van der Waals surface area contributed by atoms with Crippen LogP contribution in [0.25, 0.3) is 0 Å². The summed E-state index contributed by atoms with van der Waals surface area (Å²) in [6.07, 6.45) is 0.882. The van der Waals surface area contributed by atoms with Crippen LogP contribution in [0.2, 0.25) is 0 Å². The second-order valence-corrected chi connectivity index (χ2v) is 3.80. The summed E-state index contributed by atoms with van der Waals surface area (Å²) in [5.41, 5.74) is 6.54. The van der Waals surface area contributed by atoms with Crippen LogP contribution in [0.15, 0.2) is 24.3 Å². The first-order valence-corrected chi connectivity index (χ1v) is 4.81. The molecule has 76 valence electrons. The maximum atomic E-state index is 13.0. The number of hydrogen-bond donors (Lipinski definition) is 1. The fraction of sp³-hybridized carbons (Fsp3) is 0.455. The zero-order chi connectivity index (χ0) is 10.0. The lowest BCUT2D eigenvalue weighted by molar-refractivity contribution is 0.178. The normalized spacial score (nSPS) is 26.7. The van der Waals surface area contributed by atoms with E-state index in [0.29, 0.717) is 19.8 Å². The van der Waals surface area contributed by atoms with Gasteiger partial charge in [-0.05, 0) is 24.1 Å². The fourth-order valence-corrected chi connectivity index (χ4v) is 1.93. The highest BCUT2D eigenvalue weighted by atomic mass is 19.1. The molecule has 0 radical (unpaired) electrons. The molecule has 1 aliphatic heterocycles. The van der Waals surface area contributed by atoms with E-state index in [9.17, 15) is 4.39 Å². The molecule has 2 N–H and O–H groups in total. The van der Waals surface area contributed by atoms with Crippen LogP contribution in [0, 0.1) is 5.82 Å². The summed E-state index contributed by atoms with van der Waals surface area (Å²) >= 11 is 0. The third-order valence-corrected chi connectivity index (χ3v) is 2.93. The van der Waals surface area contributed by atoms with Crippen molar-refractivity contribution in [2.75, 3.05) is 19.8 Å². The lowest BCUT2D eigenvalue weighted by Gasteiger charge is -2.25. The Balaban J connectivity index is 2.35. The van der Waals surface area contributed by atoms with Crippen LogP contribution in [0.4, 0.5) is 4.39 Å². The van der Waals surface area contributed by atoms with Crippen molar-refractivity contribution in [3.8, 4) is 0 Å². The predicted molar refractivity (Wildman–Crippen MR) is 52.6 cm³/mol. The van der Waals surface area contributed by atoms with E-state index in [1.807, 2.05) is 6.07 Å². The molecule has 1 aromatic carbocycles. The molecular formula is C11H14FNO. The van der Waals surface area contributed by atoms with Crippen molar-refractivity contribution < 1.29 is 9.13 Å². The van der Waals surface area contributed by atoms with Crippen molar-refractivity contribution in [1.29, 1.82) is 0 Å². The summed E-state index contributed by atoms with van der Waals surface area (Å²) in [6, 6.07) is 6.65. The van der Waals surface area contributed by atoms with Crippen molar-refractivity contribution in [2.24, 2.45) is 5.73 Å². The lowest BCUT2D eigenvalue weighted by Crippen LogP contribution is -2.35. The Morgan fingerprint density at radius 1 is 1.50 bits per heavy atom. The molecule has 14 heavy (non-hydrogen) atoms. The summed E-state index contributed by atoms with van der Waals surface area (Å²) in [7, 11) is 0. The highest BCUT2D eigenvalue weighted by Gasteiger charge is 2.35. The second-order valence-electron chi connectivity index (χ2n) is 3.80. The van der Waals surface area contributed by atoms with Crippen LogP contribution in [0.1, 0.15) is 12.0 Å². The highest BCUT2D eigenvalue weighted by Crippen LogP contribution is 2.32. The zero-order valence-electron chi connectivity index (χ0n) is 8.00. The summed E-state index contributed by atoms with van der Waals surface area (Å²) in [4.78, 5) is 0. The SMILES string of the molecule is NCC1(c2cccc(F)c2)CCOC1. The van der Waals surface area contributed by atoms with Gasteiger partial charge in [-0.2, -0.15) is 0 Å². The standard InChI is InChI=1S/C11H14FNO/c12-10-3-1-2-9(6-10)11(7-13)4-5-14-8-11/h1-3,6H,4-5,7-8,13H2. The van der Waals surface area contributed by atoms with E-state index in [2.05, 4.69) is 0 Å². The Kier molecular flexibility index (Phi) is 2.52. The molecule has 0 amide bonds. The average Bonchev–Trinajstić information content (AvgIpc) is 2.67. The van der Waals surface area contributed by atoms with Crippen LogP contribution in [0.5, 0.6) is 0 Å². The Morgan fingerprint density at radius 2 is 2.36 bits per heavy atom. The van der Waals surface area contributed by atoms with Crippen LogP contribution in [0.3, 0.4) is 0 Å². The minimum atomic E-state index is -0.206. The molecule has 1 fully saturated rings. The molecule has 2 rings (SSSR count). The molecule has 0 aromatic heterocycles. The summed E-state index contributed by atoms with van der Waals surface area (Å²) in [5.74, 6) is -0.206. The van der Waals surface area contributed by atoms with E-state index in [1.165, 1.54) is 6.07 Å². The fourth-order valence-electron chi connectivity index (χ4n) is 1.93. The molecule has 1 aliphatic rings. The Hall–Kier alpha value is -0.930. The molecule has 1 unspecified atom stereocenters.